The summed E-state index contributed by atoms with van der Waals surface area (Å²) in [5, 5.41) is 9.02. The predicted octanol–water partition coefficient (Wildman–Crippen LogP) is 1.06. The molecule has 1 rings (SSSR count). The summed E-state index contributed by atoms with van der Waals surface area (Å²) in [5.41, 5.74) is 0. The van der Waals surface area contributed by atoms with Gasteiger partial charge in [-0.15, -0.1) is 9.60 Å². The third-order valence-electron chi connectivity index (χ3n) is 2.13. The van der Waals surface area contributed by atoms with Gasteiger partial charge in [0.05, 0.1) is 0 Å². The third kappa shape index (κ3) is 1.68. The number of rotatable bonds is 1. The van der Waals surface area contributed by atoms with E-state index in [1.54, 1.807) is 6.92 Å². The van der Waals surface area contributed by atoms with Crippen molar-refractivity contribution in [2.75, 3.05) is 6.54 Å². The summed E-state index contributed by atoms with van der Waals surface area (Å²) in [6, 6.07) is -0.927. The van der Waals surface area contributed by atoms with Crippen molar-refractivity contribution >= 4 is 5.97 Å². The number of halogens is 1. The zero-order valence-electron chi connectivity index (χ0n) is 6.46. The summed E-state index contributed by atoms with van der Waals surface area (Å²) in [6.45, 7) is 2.02. The lowest BCUT2D eigenvalue weighted by atomic mass is 9.93. The molecule has 0 amide bonds. The van der Waals surface area contributed by atoms with Crippen LogP contribution in [0.25, 0.3) is 0 Å². The van der Waals surface area contributed by atoms with Crippen LogP contribution < -0.4 is 0 Å². The van der Waals surface area contributed by atoms with Crippen LogP contribution in [0, 0.1) is 5.92 Å². The van der Waals surface area contributed by atoms with E-state index < -0.39 is 12.0 Å². The summed E-state index contributed by atoms with van der Waals surface area (Å²) in [4.78, 5) is 10.5. The summed E-state index contributed by atoms with van der Waals surface area (Å²) >= 11 is 0. The van der Waals surface area contributed by atoms with Crippen LogP contribution in [0.5, 0.6) is 0 Å². The second-order valence-corrected chi connectivity index (χ2v) is 3.03. The largest absolute Gasteiger partial charge is 0.480 e. The van der Waals surface area contributed by atoms with E-state index >= 15 is 0 Å². The molecule has 0 aromatic carbocycles. The highest BCUT2D eigenvalue weighted by molar-refractivity contribution is 5.73. The topological polar surface area (TPSA) is 40.5 Å². The van der Waals surface area contributed by atoms with Crippen molar-refractivity contribution < 1.29 is 14.4 Å². The highest BCUT2D eigenvalue weighted by Gasteiger charge is 2.34. The van der Waals surface area contributed by atoms with Gasteiger partial charge in [-0.2, -0.15) is 0 Å². The fourth-order valence-corrected chi connectivity index (χ4v) is 1.50. The minimum absolute atomic E-state index is 0.0775. The first-order valence-electron chi connectivity index (χ1n) is 3.78. The SMILES string of the molecule is CC1CCCN(F)C1C(=O)O. The molecule has 64 valence electrons. The van der Waals surface area contributed by atoms with E-state index in [0.29, 0.717) is 5.12 Å². The number of hydrogen-bond donors (Lipinski definition) is 1. The van der Waals surface area contributed by atoms with Gasteiger partial charge < -0.3 is 5.11 Å². The zero-order valence-corrected chi connectivity index (χ0v) is 6.46. The molecule has 0 aliphatic carbocycles. The molecule has 0 saturated carbocycles. The van der Waals surface area contributed by atoms with Gasteiger partial charge in [0, 0.05) is 6.54 Å². The van der Waals surface area contributed by atoms with Gasteiger partial charge in [0.25, 0.3) is 0 Å². The maximum absolute atomic E-state index is 12.8. The minimum atomic E-state index is -1.06. The minimum Gasteiger partial charge on any atom is -0.480 e. The van der Waals surface area contributed by atoms with Crippen molar-refractivity contribution in [2.45, 2.75) is 25.8 Å². The Bertz CT molecular complexity index is 153. The Morgan fingerprint density at radius 2 is 2.36 bits per heavy atom. The van der Waals surface area contributed by atoms with E-state index in [9.17, 15) is 9.28 Å². The van der Waals surface area contributed by atoms with Crippen LogP contribution in [-0.2, 0) is 4.79 Å². The Hall–Kier alpha value is -0.640. The molecule has 2 atom stereocenters. The summed E-state index contributed by atoms with van der Waals surface area (Å²) in [5.74, 6) is -1.13. The standard InChI is InChI=1S/C7H12FNO2/c1-5-3-2-4-9(8)6(5)7(10)11/h5-6H,2-4H2,1H3,(H,10,11). The van der Waals surface area contributed by atoms with Gasteiger partial charge in [-0.1, -0.05) is 6.92 Å². The average molecular weight is 161 g/mol. The maximum Gasteiger partial charge on any atom is 0.323 e. The predicted molar refractivity (Wildman–Crippen MR) is 37.6 cm³/mol. The van der Waals surface area contributed by atoms with Gasteiger partial charge >= 0.3 is 5.97 Å². The Kier molecular flexibility index (Phi) is 2.44. The molecule has 4 heteroatoms. The molecule has 11 heavy (non-hydrogen) atoms. The Balaban J connectivity index is 2.62. The molecule has 1 saturated heterocycles. The first kappa shape index (κ1) is 8.46. The number of aliphatic carboxylic acids is 1. The highest BCUT2D eigenvalue weighted by Crippen LogP contribution is 2.23. The second-order valence-electron chi connectivity index (χ2n) is 3.03. The monoisotopic (exact) mass is 161 g/mol. The molecule has 1 aliphatic heterocycles. The Labute approximate surface area is 64.7 Å². The molecule has 0 spiro atoms. The zero-order chi connectivity index (χ0) is 8.43. The van der Waals surface area contributed by atoms with E-state index in [0.717, 1.165) is 12.8 Å². The molecule has 0 aromatic rings. The van der Waals surface area contributed by atoms with Crippen LogP contribution in [0.3, 0.4) is 0 Å². The second kappa shape index (κ2) is 3.17. The van der Waals surface area contributed by atoms with Crippen LogP contribution in [0.15, 0.2) is 0 Å². The van der Waals surface area contributed by atoms with Crippen LogP contribution in [0.1, 0.15) is 19.8 Å². The molecule has 0 bridgehead atoms. The van der Waals surface area contributed by atoms with Crippen molar-refractivity contribution in [2.24, 2.45) is 5.92 Å². The fraction of sp³-hybridized carbons (Fsp3) is 0.857. The van der Waals surface area contributed by atoms with Crippen LogP contribution in [-0.4, -0.2) is 28.8 Å². The maximum atomic E-state index is 12.8. The highest BCUT2D eigenvalue weighted by atomic mass is 19.2. The van der Waals surface area contributed by atoms with Crippen LogP contribution >= 0.6 is 0 Å². The van der Waals surface area contributed by atoms with Crippen molar-refractivity contribution in [3.05, 3.63) is 0 Å². The van der Waals surface area contributed by atoms with E-state index in [-0.39, 0.29) is 12.5 Å². The Morgan fingerprint density at radius 3 is 2.73 bits per heavy atom. The van der Waals surface area contributed by atoms with Gasteiger partial charge in [0.15, 0.2) is 0 Å². The molecule has 0 aromatic heterocycles. The van der Waals surface area contributed by atoms with Gasteiger partial charge in [-0.05, 0) is 18.8 Å². The van der Waals surface area contributed by atoms with Crippen LogP contribution in [0.4, 0.5) is 4.48 Å². The molecule has 1 aliphatic rings. The lowest BCUT2D eigenvalue weighted by molar-refractivity contribution is -0.159. The lowest BCUT2D eigenvalue weighted by Gasteiger charge is -2.30. The molecule has 1 fully saturated rings. The van der Waals surface area contributed by atoms with E-state index in [4.69, 9.17) is 5.11 Å². The van der Waals surface area contributed by atoms with Crippen LogP contribution in [0.2, 0.25) is 0 Å². The van der Waals surface area contributed by atoms with E-state index in [1.165, 1.54) is 0 Å². The smallest absolute Gasteiger partial charge is 0.323 e. The number of hydrogen-bond acceptors (Lipinski definition) is 2. The summed E-state index contributed by atoms with van der Waals surface area (Å²) in [7, 11) is 0. The van der Waals surface area contributed by atoms with Gasteiger partial charge in [0.2, 0.25) is 0 Å². The van der Waals surface area contributed by atoms with Crippen molar-refractivity contribution in [3.8, 4) is 0 Å². The number of nitrogens with zero attached hydrogens (tertiary/aromatic N) is 1. The number of piperidine rings is 1. The quantitative estimate of drug-likeness (QED) is 0.584. The molecule has 2 unspecified atom stereocenters. The molecular formula is C7H12FNO2. The normalized spacial score (nSPS) is 33.6. The van der Waals surface area contributed by atoms with Gasteiger partial charge in [-0.25, -0.2) is 0 Å². The summed E-state index contributed by atoms with van der Waals surface area (Å²) < 4.78 is 12.8. The first-order chi connectivity index (χ1) is 5.13. The molecule has 1 heterocycles. The van der Waals surface area contributed by atoms with Crippen molar-refractivity contribution in [1.29, 1.82) is 0 Å². The average Bonchev–Trinajstić information content (AvgIpc) is 1.85. The fourth-order valence-electron chi connectivity index (χ4n) is 1.50. The number of carboxylic acid groups (broad SMARTS) is 1. The number of carboxylic acids is 1. The summed E-state index contributed by atoms with van der Waals surface area (Å²) in [6.07, 6.45) is 1.55. The van der Waals surface area contributed by atoms with Crippen molar-refractivity contribution in [1.82, 2.24) is 5.12 Å². The number of carbonyl (C=O) groups is 1. The molecule has 1 N–H and O–H groups in total. The van der Waals surface area contributed by atoms with E-state index in [2.05, 4.69) is 0 Å². The first-order valence-corrected chi connectivity index (χ1v) is 3.78. The Morgan fingerprint density at radius 1 is 1.73 bits per heavy atom. The lowest BCUT2D eigenvalue weighted by Crippen LogP contribution is -2.44. The third-order valence-corrected chi connectivity index (χ3v) is 2.13. The molecule has 0 radical (unpaired) electrons. The van der Waals surface area contributed by atoms with Crippen molar-refractivity contribution in [3.63, 3.8) is 0 Å². The van der Waals surface area contributed by atoms with E-state index in [1.807, 2.05) is 0 Å². The van der Waals surface area contributed by atoms with Gasteiger partial charge in [0.1, 0.15) is 6.04 Å². The van der Waals surface area contributed by atoms with Gasteiger partial charge in [-0.3, -0.25) is 4.79 Å². The molecular weight excluding hydrogens is 149 g/mol. The molecule has 3 nitrogen and oxygen atoms in total.